The molecule has 0 aromatic heterocycles. The van der Waals surface area contributed by atoms with Gasteiger partial charge in [-0.05, 0) is 84.2 Å². The van der Waals surface area contributed by atoms with Crippen molar-refractivity contribution in [3.8, 4) is 11.5 Å². The molecular weight excluding hydrogens is 483 g/mol. The van der Waals surface area contributed by atoms with E-state index in [1.54, 1.807) is 12.1 Å². The largest absolute Gasteiger partial charge is 0.490 e. The number of hydrogen-bond donors (Lipinski definition) is 1. The van der Waals surface area contributed by atoms with Crippen molar-refractivity contribution in [2.45, 2.75) is 33.3 Å². The number of benzene rings is 2. The minimum absolute atomic E-state index is 0.0457. The van der Waals surface area contributed by atoms with Crippen LogP contribution in [0.25, 0.3) is 6.08 Å². The van der Waals surface area contributed by atoms with Gasteiger partial charge >= 0.3 is 6.03 Å². The Hall–Kier alpha value is -3.20. The zero-order chi connectivity index (χ0) is 23.4. The molecule has 0 radical (unpaired) electrons. The van der Waals surface area contributed by atoms with Crippen LogP contribution in [0, 0.1) is 5.82 Å². The topological polar surface area (TPSA) is 84.9 Å². The second kappa shape index (κ2) is 9.95. The Kier molecular flexibility index (Phi) is 7.29. The zero-order valence-electron chi connectivity index (χ0n) is 17.8. The summed E-state index contributed by atoms with van der Waals surface area (Å²) in [5, 5.41) is 2.14. The molecule has 0 aliphatic carbocycles. The quantitative estimate of drug-likeness (QED) is 0.431. The van der Waals surface area contributed by atoms with Gasteiger partial charge in [0.2, 0.25) is 0 Å². The van der Waals surface area contributed by atoms with Gasteiger partial charge < -0.3 is 9.47 Å². The lowest BCUT2D eigenvalue weighted by atomic mass is 10.1. The van der Waals surface area contributed by atoms with Crippen LogP contribution < -0.4 is 19.7 Å². The van der Waals surface area contributed by atoms with Crippen LogP contribution in [0.1, 0.15) is 32.8 Å². The smallest absolute Gasteiger partial charge is 0.335 e. The number of barbiturate groups is 1. The molecule has 1 saturated heterocycles. The number of carbonyl (C=O) groups excluding carboxylic acids is 3. The first-order chi connectivity index (χ1) is 15.2. The lowest BCUT2D eigenvalue weighted by Gasteiger charge is -2.26. The summed E-state index contributed by atoms with van der Waals surface area (Å²) in [7, 11) is 0. The molecule has 2 aromatic carbocycles. The number of imide groups is 2. The number of halogens is 2. The molecule has 0 bridgehead atoms. The fraction of sp³-hybridized carbons (Fsp3) is 0.261. The zero-order valence-corrected chi connectivity index (χ0v) is 19.4. The standard InChI is InChI=1S/C23H22BrFN2O5/c1-4-13(3)32-20-18(24)11-14(12-19(20)31-5-2)10-17-21(28)26-23(30)27(22(17)29)16-8-6-15(25)7-9-16/h6-13H,4-5H2,1-3H3,(H,26,28,30)/b17-10+/t13-/m1/s1. The molecule has 0 spiro atoms. The Morgan fingerprint density at radius 2 is 1.84 bits per heavy atom. The lowest BCUT2D eigenvalue weighted by molar-refractivity contribution is -0.122. The van der Waals surface area contributed by atoms with E-state index >= 15 is 0 Å². The van der Waals surface area contributed by atoms with E-state index in [1.165, 1.54) is 18.2 Å². The number of urea groups is 1. The fourth-order valence-corrected chi connectivity index (χ4v) is 3.54. The van der Waals surface area contributed by atoms with E-state index in [2.05, 4.69) is 21.2 Å². The summed E-state index contributed by atoms with van der Waals surface area (Å²) in [5.74, 6) is -1.19. The predicted octanol–water partition coefficient (Wildman–Crippen LogP) is 4.83. The Bertz CT molecular complexity index is 1080. The molecule has 0 unspecified atom stereocenters. The van der Waals surface area contributed by atoms with Gasteiger partial charge in [-0.2, -0.15) is 0 Å². The molecule has 3 rings (SSSR count). The fourth-order valence-electron chi connectivity index (χ4n) is 2.98. The highest BCUT2D eigenvalue weighted by Gasteiger charge is 2.36. The van der Waals surface area contributed by atoms with E-state index in [1.807, 2.05) is 20.8 Å². The van der Waals surface area contributed by atoms with Crippen LogP contribution in [0.4, 0.5) is 14.9 Å². The van der Waals surface area contributed by atoms with Crippen LogP contribution in [0.15, 0.2) is 46.4 Å². The van der Waals surface area contributed by atoms with Crippen molar-refractivity contribution in [3.05, 3.63) is 57.8 Å². The maximum atomic E-state index is 13.3. The van der Waals surface area contributed by atoms with E-state index in [-0.39, 0.29) is 17.4 Å². The number of hydrogen-bond acceptors (Lipinski definition) is 5. The van der Waals surface area contributed by atoms with Crippen molar-refractivity contribution in [2.24, 2.45) is 0 Å². The molecule has 7 nitrogen and oxygen atoms in total. The number of anilines is 1. The molecule has 1 aliphatic heterocycles. The molecule has 2 aromatic rings. The minimum Gasteiger partial charge on any atom is -0.490 e. The molecule has 168 valence electrons. The van der Waals surface area contributed by atoms with Crippen molar-refractivity contribution in [3.63, 3.8) is 0 Å². The van der Waals surface area contributed by atoms with Crippen molar-refractivity contribution in [2.75, 3.05) is 11.5 Å². The Morgan fingerprint density at radius 1 is 1.16 bits per heavy atom. The molecule has 32 heavy (non-hydrogen) atoms. The average molecular weight is 505 g/mol. The molecule has 9 heteroatoms. The van der Waals surface area contributed by atoms with E-state index in [0.29, 0.717) is 28.1 Å². The van der Waals surface area contributed by atoms with Crippen LogP contribution >= 0.6 is 15.9 Å². The maximum Gasteiger partial charge on any atom is 0.335 e. The summed E-state index contributed by atoms with van der Waals surface area (Å²) < 4.78 is 25.5. The lowest BCUT2D eigenvalue weighted by Crippen LogP contribution is -2.54. The third kappa shape index (κ3) is 4.99. The minimum atomic E-state index is -0.905. The predicted molar refractivity (Wildman–Crippen MR) is 121 cm³/mol. The molecule has 1 heterocycles. The van der Waals surface area contributed by atoms with Gasteiger partial charge in [0, 0.05) is 0 Å². The molecular formula is C23H22BrFN2O5. The SMILES string of the molecule is CCOc1cc(/C=C2\C(=O)NC(=O)N(c3ccc(F)cc3)C2=O)cc(Br)c1O[C@H](C)CC. The Labute approximate surface area is 193 Å². The van der Waals surface area contributed by atoms with Gasteiger partial charge in [-0.25, -0.2) is 14.1 Å². The Morgan fingerprint density at radius 3 is 2.47 bits per heavy atom. The van der Waals surface area contributed by atoms with Gasteiger partial charge in [0.25, 0.3) is 11.8 Å². The van der Waals surface area contributed by atoms with Gasteiger partial charge in [0.15, 0.2) is 11.5 Å². The second-order valence-electron chi connectivity index (χ2n) is 7.03. The molecule has 1 atom stereocenters. The first-order valence-corrected chi connectivity index (χ1v) is 10.8. The van der Waals surface area contributed by atoms with Crippen LogP contribution in [0.3, 0.4) is 0 Å². The van der Waals surface area contributed by atoms with Crippen LogP contribution in [-0.2, 0) is 9.59 Å². The highest BCUT2D eigenvalue weighted by atomic mass is 79.9. The summed E-state index contributed by atoms with van der Waals surface area (Å²) in [4.78, 5) is 38.5. The first-order valence-electron chi connectivity index (χ1n) is 10.0. The van der Waals surface area contributed by atoms with E-state index in [4.69, 9.17) is 9.47 Å². The van der Waals surface area contributed by atoms with Crippen LogP contribution in [0.5, 0.6) is 11.5 Å². The number of nitrogens with one attached hydrogen (secondary N) is 1. The number of rotatable bonds is 7. The van der Waals surface area contributed by atoms with Crippen molar-refractivity contribution < 1.29 is 28.2 Å². The third-order valence-corrected chi connectivity index (χ3v) is 5.31. The molecule has 1 N–H and O–H groups in total. The van der Waals surface area contributed by atoms with E-state index in [9.17, 15) is 18.8 Å². The maximum absolute atomic E-state index is 13.3. The number of nitrogens with zero attached hydrogens (tertiary/aromatic N) is 1. The number of carbonyl (C=O) groups is 3. The number of amides is 4. The van der Waals surface area contributed by atoms with Crippen molar-refractivity contribution >= 4 is 45.5 Å². The van der Waals surface area contributed by atoms with E-state index < -0.39 is 23.7 Å². The summed E-state index contributed by atoms with van der Waals surface area (Å²) in [6.07, 6.45) is 2.11. The van der Waals surface area contributed by atoms with E-state index in [0.717, 1.165) is 23.5 Å². The highest BCUT2D eigenvalue weighted by Crippen LogP contribution is 2.38. The summed E-state index contributed by atoms with van der Waals surface area (Å²) >= 11 is 3.47. The summed E-state index contributed by atoms with van der Waals surface area (Å²) in [6.45, 7) is 6.15. The summed E-state index contributed by atoms with van der Waals surface area (Å²) in [6, 6.07) is 7.24. The van der Waals surface area contributed by atoms with Gasteiger partial charge in [-0.3, -0.25) is 14.9 Å². The van der Waals surface area contributed by atoms with Crippen molar-refractivity contribution in [1.29, 1.82) is 0 Å². The van der Waals surface area contributed by atoms with Crippen LogP contribution in [-0.4, -0.2) is 30.6 Å². The second-order valence-corrected chi connectivity index (χ2v) is 7.89. The molecule has 1 aliphatic rings. The molecule has 1 fully saturated rings. The number of ether oxygens (including phenoxy) is 2. The monoisotopic (exact) mass is 504 g/mol. The molecule has 0 saturated carbocycles. The first kappa shape index (κ1) is 23.5. The van der Waals surface area contributed by atoms with Crippen LogP contribution in [0.2, 0.25) is 0 Å². The van der Waals surface area contributed by atoms with Crippen molar-refractivity contribution in [1.82, 2.24) is 5.32 Å². The highest BCUT2D eigenvalue weighted by molar-refractivity contribution is 9.10. The molecule has 4 amide bonds. The average Bonchev–Trinajstić information content (AvgIpc) is 2.74. The van der Waals surface area contributed by atoms with Gasteiger partial charge in [0.1, 0.15) is 11.4 Å². The van der Waals surface area contributed by atoms with Gasteiger partial charge in [0.05, 0.1) is 22.9 Å². The Balaban J connectivity index is 2.01. The summed E-state index contributed by atoms with van der Waals surface area (Å²) in [5.41, 5.74) is 0.378. The normalized spacial score (nSPS) is 16.2. The van der Waals surface area contributed by atoms with Gasteiger partial charge in [-0.15, -0.1) is 0 Å². The van der Waals surface area contributed by atoms with Gasteiger partial charge in [-0.1, -0.05) is 6.92 Å². The third-order valence-electron chi connectivity index (χ3n) is 4.72.